The number of aromatic nitrogens is 3. The Morgan fingerprint density at radius 2 is 0.433 bits per heavy atom. The largest absolute Gasteiger partial charge is 0.492 e. The highest BCUT2D eigenvalue weighted by Crippen LogP contribution is 2.22. The first-order valence-corrected chi connectivity index (χ1v) is 42.0. The molecule has 0 aliphatic rings. The summed E-state index contributed by atoms with van der Waals surface area (Å²) in [5, 5.41) is 0. The molecule has 3 aromatic rings. The van der Waals surface area contributed by atoms with Gasteiger partial charge in [-0.2, -0.15) is 0 Å². The van der Waals surface area contributed by atoms with Crippen molar-refractivity contribution in [3.63, 3.8) is 0 Å². The van der Waals surface area contributed by atoms with E-state index in [-0.39, 0.29) is 0 Å². The summed E-state index contributed by atoms with van der Waals surface area (Å²) in [7, 11) is 0. The number of nitrogens with zero attached hydrogens (tertiary/aromatic N) is 7. The van der Waals surface area contributed by atoms with Gasteiger partial charge in [0.15, 0.2) is 0 Å². The van der Waals surface area contributed by atoms with Crippen molar-refractivity contribution in [1.29, 1.82) is 0 Å². The molecule has 0 fully saturated rings. The van der Waals surface area contributed by atoms with Gasteiger partial charge in [-0.15, -0.1) is 0 Å². The van der Waals surface area contributed by atoms with Crippen LogP contribution in [-0.2, 0) is 0 Å². The van der Waals surface area contributed by atoms with Gasteiger partial charge >= 0.3 is 0 Å². The Balaban J connectivity index is 1.36. The van der Waals surface area contributed by atoms with Crippen LogP contribution in [0.4, 0.5) is 0 Å². The monoisotopic (exact) mass is 1340 g/mol. The second kappa shape index (κ2) is 66.4. The summed E-state index contributed by atoms with van der Waals surface area (Å²) in [6.45, 7) is 19.5. The van der Waals surface area contributed by atoms with E-state index in [1.54, 1.807) is 0 Å². The van der Waals surface area contributed by atoms with E-state index >= 15 is 0 Å². The highest BCUT2D eigenvalue weighted by atomic mass is 16.5. The Morgan fingerprint density at radius 3 is 0.608 bits per heavy atom. The van der Waals surface area contributed by atoms with E-state index in [1.807, 2.05) is 57.6 Å². The number of rotatable bonds is 72. The molecular weight excluding hydrogens is 1190 g/mol. The molecule has 0 aromatic carbocycles. The van der Waals surface area contributed by atoms with Gasteiger partial charge in [-0.1, -0.05) is 348 Å². The van der Waals surface area contributed by atoms with Crippen molar-refractivity contribution in [3.05, 3.63) is 70.6 Å². The molecule has 3 aromatic heterocycles. The van der Waals surface area contributed by atoms with Crippen molar-refractivity contribution in [1.82, 2.24) is 19.9 Å². The number of pyridine rings is 3. The van der Waals surface area contributed by atoms with Gasteiger partial charge in [-0.3, -0.25) is 19.9 Å². The molecule has 0 bridgehead atoms. The van der Waals surface area contributed by atoms with Crippen LogP contribution in [0.15, 0.2) is 51.4 Å². The molecule has 0 N–H and O–H groups in total. The Kier molecular flexibility index (Phi) is 59.6. The molecular formula is C87H153N7O3. The number of ether oxygens (including phenoxy) is 3. The highest BCUT2D eigenvalue weighted by molar-refractivity contribution is 5.78. The third kappa shape index (κ3) is 52.5. The second-order valence-electron chi connectivity index (χ2n) is 29.0. The molecule has 3 rings (SSSR count). The summed E-state index contributed by atoms with van der Waals surface area (Å²) in [4.78, 5) is 31.4. The van der Waals surface area contributed by atoms with Crippen molar-refractivity contribution in [2.24, 2.45) is 15.0 Å². The maximum atomic E-state index is 6.20. The summed E-state index contributed by atoms with van der Waals surface area (Å²) in [5.41, 5.74) is 5.30. The molecule has 0 amide bonds. The lowest BCUT2D eigenvalue weighted by molar-refractivity contribution is 0.298. The normalized spacial score (nSPS) is 11.9. The van der Waals surface area contributed by atoms with Gasteiger partial charge in [-0.05, 0) is 76.4 Å². The Labute approximate surface area is 599 Å². The van der Waals surface area contributed by atoms with Crippen molar-refractivity contribution >= 4 is 18.6 Å². The van der Waals surface area contributed by atoms with E-state index < -0.39 is 0 Å². The zero-order valence-electron chi connectivity index (χ0n) is 64.6. The van der Waals surface area contributed by atoms with Crippen LogP contribution in [0, 0.1) is 20.8 Å². The van der Waals surface area contributed by atoms with Gasteiger partial charge in [0.1, 0.15) is 17.2 Å². The first-order valence-electron chi connectivity index (χ1n) is 42.0. The number of aliphatic imine (C=N–C) groups is 3. The van der Waals surface area contributed by atoms with E-state index in [2.05, 4.69) is 43.9 Å². The predicted molar refractivity (Wildman–Crippen MR) is 424 cm³/mol. The molecule has 0 aliphatic carbocycles. The van der Waals surface area contributed by atoms with Crippen molar-refractivity contribution in [2.45, 2.75) is 388 Å². The zero-order chi connectivity index (χ0) is 69.0. The fraction of sp³-hybridized carbons (Fsp3) is 0.793. The Hall–Kier alpha value is -4.18. The molecule has 554 valence electrons. The second-order valence-corrected chi connectivity index (χ2v) is 29.0. The number of hydrogen-bond acceptors (Lipinski definition) is 10. The fourth-order valence-electron chi connectivity index (χ4n) is 13.3. The molecule has 10 nitrogen and oxygen atoms in total. The molecule has 97 heavy (non-hydrogen) atoms. The van der Waals surface area contributed by atoms with Gasteiger partial charge in [0, 0.05) is 38.3 Å². The highest BCUT2D eigenvalue weighted by Gasteiger charge is 2.09. The quantitative estimate of drug-likeness (QED) is 0.0409. The third-order valence-corrected chi connectivity index (χ3v) is 19.7. The number of aryl methyl sites for hydroxylation is 3. The van der Waals surface area contributed by atoms with Crippen molar-refractivity contribution < 1.29 is 14.2 Å². The first-order chi connectivity index (χ1) is 47.9. The lowest BCUT2D eigenvalue weighted by atomic mass is 10.0. The Morgan fingerprint density at radius 1 is 0.258 bits per heavy atom. The average molecular weight is 1350 g/mol. The summed E-state index contributed by atoms with van der Waals surface area (Å²) >= 11 is 0. The summed E-state index contributed by atoms with van der Waals surface area (Å²) in [6.07, 6.45) is 80.2. The van der Waals surface area contributed by atoms with Gasteiger partial charge in [-0.25, -0.2) is 15.0 Å². The lowest BCUT2D eigenvalue weighted by Crippen LogP contribution is -2.31. The summed E-state index contributed by atoms with van der Waals surface area (Å²) in [6, 6.07) is 12.2. The molecule has 0 atom stereocenters. The smallest absolute Gasteiger partial charge is 0.140 e. The van der Waals surface area contributed by atoms with E-state index in [0.717, 1.165) is 110 Å². The molecule has 0 saturated carbocycles. The minimum absolute atomic E-state index is 0.648. The topological polar surface area (TPSA) is 107 Å². The predicted octanol–water partition coefficient (Wildman–Crippen LogP) is 26.0. The summed E-state index contributed by atoms with van der Waals surface area (Å²) < 4.78 is 18.6. The van der Waals surface area contributed by atoms with Crippen LogP contribution in [0.1, 0.15) is 402 Å². The van der Waals surface area contributed by atoms with Gasteiger partial charge in [0.25, 0.3) is 0 Å². The maximum absolute atomic E-state index is 6.20. The third-order valence-electron chi connectivity index (χ3n) is 19.7. The molecule has 0 unspecified atom stereocenters. The minimum atomic E-state index is 0.648. The first kappa shape index (κ1) is 87.0. The van der Waals surface area contributed by atoms with E-state index in [9.17, 15) is 0 Å². The molecule has 3 heterocycles. The van der Waals surface area contributed by atoms with Crippen LogP contribution < -0.4 is 14.2 Å². The van der Waals surface area contributed by atoms with Crippen LogP contribution in [-0.4, -0.2) is 97.6 Å². The fourth-order valence-corrected chi connectivity index (χ4v) is 13.3. The maximum Gasteiger partial charge on any atom is 0.140 e. The van der Waals surface area contributed by atoms with E-state index in [1.165, 1.54) is 327 Å². The molecule has 10 heteroatoms. The SMILES string of the molecule is CCCCCCCCCCCCCCCCCCCCOc1ccc(C=NCCN(CCN=Cc2ccc(OCCCCCCCCCCCCCCCCCCCC)c(C)n2)CCN=Cc2ccc(OCCCCCCCCCCCCCCCCCCCC)c(C)n2)nc1C. The van der Waals surface area contributed by atoms with Gasteiger partial charge in [0.05, 0.1) is 73.6 Å². The molecule has 0 aliphatic heterocycles. The van der Waals surface area contributed by atoms with Crippen LogP contribution in [0.3, 0.4) is 0 Å². The number of hydrogen-bond donors (Lipinski definition) is 0. The number of unbranched alkanes of at least 4 members (excludes halogenated alkanes) is 51. The standard InChI is InChI=1S/C87H153N7O3/c1-7-10-13-16-19-22-25-28-31-34-37-40-43-46-49-52-55-58-73-95-85-64-61-82(91-79(85)4)76-88-67-70-94(71-68-89-77-83-62-65-86(80(5)92-83)96-74-59-56-53-50-47-44-41-38-35-32-29-26-23-20-17-14-11-8-2)72-69-90-78-84-63-66-87(81(6)93-84)97-75-60-57-54-51-48-45-42-39-36-33-30-27-24-21-18-15-12-9-3/h61-66,76-78H,7-60,67-75H2,1-6H3. The minimum Gasteiger partial charge on any atom is -0.492 e. The average Bonchev–Trinajstić information content (AvgIpc) is 1.05. The van der Waals surface area contributed by atoms with Crippen molar-refractivity contribution in [3.8, 4) is 17.2 Å². The molecule has 0 saturated heterocycles. The van der Waals surface area contributed by atoms with E-state index in [4.69, 9.17) is 44.1 Å². The van der Waals surface area contributed by atoms with Crippen LogP contribution in [0.25, 0.3) is 0 Å². The van der Waals surface area contributed by atoms with E-state index in [0.29, 0.717) is 19.6 Å². The van der Waals surface area contributed by atoms with Crippen molar-refractivity contribution in [2.75, 3.05) is 59.1 Å². The van der Waals surface area contributed by atoms with Crippen LogP contribution >= 0.6 is 0 Å². The molecule has 0 spiro atoms. The van der Waals surface area contributed by atoms with Crippen LogP contribution in [0.5, 0.6) is 17.2 Å². The molecule has 0 radical (unpaired) electrons. The van der Waals surface area contributed by atoms with Crippen LogP contribution in [0.2, 0.25) is 0 Å². The lowest BCUT2D eigenvalue weighted by Gasteiger charge is -2.19. The van der Waals surface area contributed by atoms with Gasteiger partial charge < -0.3 is 14.2 Å². The van der Waals surface area contributed by atoms with Gasteiger partial charge in [0.2, 0.25) is 0 Å². The summed E-state index contributed by atoms with van der Waals surface area (Å²) in [5.74, 6) is 2.62. The Bertz CT molecular complexity index is 2050. The zero-order valence-corrected chi connectivity index (χ0v) is 64.6.